The molecular weight excluding hydrogens is 132 g/mol. The molecule has 1 aliphatic carbocycles. The summed E-state index contributed by atoms with van der Waals surface area (Å²) in [4.78, 5) is 0. The van der Waals surface area contributed by atoms with Gasteiger partial charge in [0.15, 0.2) is 0 Å². The third kappa shape index (κ3) is 1.98. The smallest absolute Gasteiger partial charge is 0.0418 e. The molecule has 58 valence electrons. The van der Waals surface area contributed by atoms with E-state index in [4.69, 9.17) is 6.42 Å². The summed E-state index contributed by atoms with van der Waals surface area (Å²) in [7, 11) is 0. The van der Waals surface area contributed by atoms with Crippen LogP contribution in [0.15, 0.2) is 23.3 Å². The van der Waals surface area contributed by atoms with Crippen molar-refractivity contribution in [2.75, 3.05) is 0 Å². The molecule has 0 amide bonds. The van der Waals surface area contributed by atoms with Crippen LogP contribution in [0.2, 0.25) is 0 Å². The first-order valence-corrected chi connectivity index (χ1v) is 4.07. The SMILES string of the molecule is C#CC(C)C1=CCCC(C)=C1. The van der Waals surface area contributed by atoms with Gasteiger partial charge in [0.2, 0.25) is 0 Å². The third-order valence-electron chi connectivity index (χ3n) is 2.08. The minimum Gasteiger partial charge on any atom is -0.119 e. The third-order valence-corrected chi connectivity index (χ3v) is 2.08. The second-order valence-electron chi connectivity index (χ2n) is 3.12. The van der Waals surface area contributed by atoms with Crippen LogP contribution >= 0.6 is 0 Å². The summed E-state index contributed by atoms with van der Waals surface area (Å²) in [6.45, 7) is 4.23. The van der Waals surface area contributed by atoms with Gasteiger partial charge in [-0.25, -0.2) is 0 Å². The Bertz CT molecular complexity index is 235. The second kappa shape index (κ2) is 3.44. The Balaban J connectivity index is 2.75. The zero-order valence-corrected chi connectivity index (χ0v) is 7.22. The van der Waals surface area contributed by atoms with E-state index in [-0.39, 0.29) is 5.92 Å². The first-order valence-electron chi connectivity index (χ1n) is 4.07. The highest BCUT2D eigenvalue weighted by Crippen LogP contribution is 2.21. The molecule has 0 radical (unpaired) electrons. The van der Waals surface area contributed by atoms with Crippen LogP contribution in [0.25, 0.3) is 0 Å². The van der Waals surface area contributed by atoms with Crippen LogP contribution in [0.5, 0.6) is 0 Å². The van der Waals surface area contributed by atoms with Gasteiger partial charge in [-0.15, -0.1) is 6.42 Å². The first-order chi connectivity index (χ1) is 5.24. The summed E-state index contributed by atoms with van der Waals surface area (Å²) < 4.78 is 0. The molecule has 0 aliphatic heterocycles. The Kier molecular flexibility index (Phi) is 2.54. The van der Waals surface area contributed by atoms with Crippen molar-refractivity contribution in [3.8, 4) is 12.3 Å². The minimum absolute atomic E-state index is 0.283. The van der Waals surface area contributed by atoms with Gasteiger partial charge in [-0.3, -0.25) is 0 Å². The largest absolute Gasteiger partial charge is 0.119 e. The summed E-state index contributed by atoms with van der Waals surface area (Å²) in [6.07, 6.45) is 12.1. The van der Waals surface area contributed by atoms with Gasteiger partial charge in [0.25, 0.3) is 0 Å². The van der Waals surface area contributed by atoms with Crippen molar-refractivity contribution in [1.29, 1.82) is 0 Å². The normalized spacial score (nSPS) is 19.7. The van der Waals surface area contributed by atoms with E-state index in [0.717, 1.165) is 6.42 Å². The van der Waals surface area contributed by atoms with Crippen LogP contribution in [0.4, 0.5) is 0 Å². The molecule has 0 aromatic carbocycles. The molecule has 1 rings (SSSR count). The summed E-state index contributed by atoms with van der Waals surface area (Å²) in [6, 6.07) is 0. The van der Waals surface area contributed by atoms with Crippen molar-refractivity contribution < 1.29 is 0 Å². The molecule has 1 aliphatic rings. The lowest BCUT2D eigenvalue weighted by atomic mass is 9.93. The fourth-order valence-corrected chi connectivity index (χ4v) is 1.28. The van der Waals surface area contributed by atoms with Gasteiger partial charge in [0, 0.05) is 5.92 Å². The molecule has 11 heavy (non-hydrogen) atoms. The molecule has 0 bridgehead atoms. The first kappa shape index (κ1) is 8.14. The predicted molar refractivity (Wildman–Crippen MR) is 49.1 cm³/mol. The number of hydrogen-bond acceptors (Lipinski definition) is 0. The van der Waals surface area contributed by atoms with Crippen LogP contribution in [0, 0.1) is 18.3 Å². The second-order valence-corrected chi connectivity index (χ2v) is 3.12. The van der Waals surface area contributed by atoms with Crippen LogP contribution in [0.1, 0.15) is 26.7 Å². The molecule has 0 nitrogen and oxygen atoms in total. The summed E-state index contributed by atoms with van der Waals surface area (Å²) in [5.74, 6) is 3.02. The molecule has 0 aromatic heterocycles. The standard InChI is InChI=1S/C11H14/c1-4-10(3)11-7-5-6-9(2)8-11/h1,7-8,10H,5-6H2,2-3H3. The Hall–Kier alpha value is -0.960. The average Bonchev–Trinajstić information content (AvgIpc) is 2.03. The number of terminal acetylenes is 1. The van der Waals surface area contributed by atoms with Gasteiger partial charge in [-0.2, -0.15) is 0 Å². The monoisotopic (exact) mass is 146 g/mol. The van der Waals surface area contributed by atoms with E-state index in [0.29, 0.717) is 0 Å². The van der Waals surface area contributed by atoms with Crippen LogP contribution in [0.3, 0.4) is 0 Å². The van der Waals surface area contributed by atoms with Crippen molar-refractivity contribution in [2.24, 2.45) is 5.92 Å². The lowest BCUT2D eigenvalue weighted by molar-refractivity contribution is 0.859. The van der Waals surface area contributed by atoms with Crippen molar-refractivity contribution >= 4 is 0 Å². The lowest BCUT2D eigenvalue weighted by Crippen LogP contribution is -1.97. The van der Waals surface area contributed by atoms with Crippen LogP contribution in [-0.2, 0) is 0 Å². The van der Waals surface area contributed by atoms with E-state index in [1.165, 1.54) is 17.6 Å². The highest BCUT2D eigenvalue weighted by atomic mass is 14.1. The zero-order chi connectivity index (χ0) is 8.27. The van der Waals surface area contributed by atoms with E-state index >= 15 is 0 Å². The van der Waals surface area contributed by atoms with Crippen molar-refractivity contribution in [3.05, 3.63) is 23.3 Å². The number of allylic oxidation sites excluding steroid dienone is 4. The Morgan fingerprint density at radius 1 is 1.64 bits per heavy atom. The minimum atomic E-state index is 0.283. The van der Waals surface area contributed by atoms with Gasteiger partial charge in [-0.05, 0) is 32.3 Å². The van der Waals surface area contributed by atoms with Gasteiger partial charge in [-0.1, -0.05) is 23.6 Å². The number of hydrogen-bond donors (Lipinski definition) is 0. The maximum atomic E-state index is 5.33. The molecule has 0 spiro atoms. The Labute approximate surface area is 69.0 Å². The number of rotatable bonds is 1. The summed E-state index contributed by atoms with van der Waals surface area (Å²) in [5, 5.41) is 0. The Morgan fingerprint density at radius 2 is 2.36 bits per heavy atom. The van der Waals surface area contributed by atoms with E-state index in [1.807, 2.05) is 0 Å². The quantitative estimate of drug-likeness (QED) is 0.499. The van der Waals surface area contributed by atoms with Crippen molar-refractivity contribution in [3.63, 3.8) is 0 Å². The van der Waals surface area contributed by atoms with E-state index in [2.05, 4.69) is 31.9 Å². The Morgan fingerprint density at radius 3 is 2.91 bits per heavy atom. The average molecular weight is 146 g/mol. The molecule has 0 aromatic rings. The molecule has 0 saturated heterocycles. The van der Waals surface area contributed by atoms with Gasteiger partial charge in [0.1, 0.15) is 0 Å². The van der Waals surface area contributed by atoms with Gasteiger partial charge in [0.05, 0.1) is 0 Å². The summed E-state index contributed by atoms with van der Waals surface area (Å²) >= 11 is 0. The van der Waals surface area contributed by atoms with E-state index in [1.54, 1.807) is 0 Å². The van der Waals surface area contributed by atoms with Crippen LogP contribution < -0.4 is 0 Å². The maximum Gasteiger partial charge on any atom is 0.0418 e. The fraction of sp³-hybridized carbons (Fsp3) is 0.455. The van der Waals surface area contributed by atoms with Gasteiger partial charge < -0.3 is 0 Å². The van der Waals surface area contributed by atoms with Crippen molar-refractivity contribution in [1.82, 2.24) is 0 Å². The van der Waals surface area contributed by atoms with E-state index < -0.39 is 0 Å². The molecule has 0 N–H and O–H groups in total. The van der Waals surface area contributed by atoms with Crippen LogP contribution in [-0.4, -0.2) is 0 Å². The maximum absolute atomic E-state index is 5.33. The molecule has 0 fully saturated rings. The molecule has 0 heteroatoms. The molecular formula is C11H14. The fourth-order valence-electron chi connectivity index (χ4n) is 1.28. The van der Waals surface area contributed by atoms with Gasteiger partial charge >= 0.3 is 0 Å². The summed E-state index contributed by atoms with van der Waals surface area (Å²) in [5.41, 5.74) is 2.76. The topological polar surface area (TPSA) is 0 Å². The zero-order valence-electron chi connectivity index (χ0n) is 7.22. The highest BCUT2D eigenvalue weighted by molar-refractivity contribution is 5.32. The molecule has 0 saturated carbocycles. The highest BCUT2D eigenvalue weighted by Gasteiger charge is 2.06. The molecule has 1 atom stereocenters. The predicted octanol–water partition coefficient (Wildman–Crippen LogP) is 2.92. The molecule has 1 unspecified atom stereocenters. The van der Waals surface area contributed by atoms with Crippen molar-refractivity contribution in [2.45, 2.75) is 26.7 Å². The van der Waals surface area contributed by atoms with E-state index in [9.17, 15) is 0 Å². The lowest BCUT2D eigenvalue weighted by Gasteiger charge is -2.12. The molecule has 0 heterocycles.